The zero-order valence-corrected chi connectivity index (χ0v) is 37.6. The van der Waals surface area contributed by atoms with Crippen LogP contribution in [0.25, 0.3) is 0 Å². The average Bonchev–Trinajstić information content (AvgIpc) is 3.49. The number of ether oxygens (including phenoxy) is 2. The molecule has 1 saturated carbocycles. The van der Waals surface area contributed by atoms with Crippen LogP contribution < -0.4 is 5.73 Å². The Morgan fingerprint density at radius 2 is 1.33 bits per heavy atom. The highest BCUT2D eigenvalue weighted by atomic mass is 31.2. The van der Waals surface area contributed by atoms with Crippen molar-refractivity contribution in [3.63, 3.8) is 0 Å². The Bertz CT molecular complexity index is 1330. The lowest BCUT2D eigenvalue weighted by Gasteiger charge is -2.21. The van der Waals surface area contributed by atoms with E-state index in [0.29, 0.717) is 32.1 Å². The lowest BCUT2D eigenvalue weighted by molar-refractivity contribution is -0.161. The van der Waals surface area contributed by atoms with Crippen molar-refractivity contribution in [3.8, 4) is 0 Å². The van der Waals surface area contributed by atoms with Crippen LogP contribution >= 0.6 is 7.82 Å². The van der Waals surface area contributed by atoms with E-state index in [1.807, 2.05) is 6.08 Å². The maximum atomic E-state index is 12.7. The fourth-order valence-corrected chi connectivity index (χ4v) is 7.58. The second kappa shape index (κ2) is 36.9. The molecule has 13 heteroatoms. The average molecular weight is 866 g/mol. The summed E-state index contributed by atoms with van der Waals surface area (Å²) in [7, 11) is -4.45. The minimum atomic E-state index is -4.45. The van der Waals surface area contributed by atoms with Gasteiger partial charge in [0.05, 0.1) is 31.5 Å². The standard InChI is InChI=1S/C47H80NO11P/c1-3-5-7-8-9-10-11-12-13-14-15-16-17-18-19-20-21-22-27-31-46(52)56-38-41(39-58-60(54,55)57-36-35-48)59-47(53)32-28-24-23-26-30-42-43(45(51)37-44(42)50)34-33-40(49)29-25-6-4-2/h5,7,9-10,12-13,15-16,18-19,33-34,40-45,49-51H,3-4,6,8,11,14,17,20-32,35-39,48H2,1-2H3,(H,54,55)/b7-5-,10-9-,13-12-,16-15-,19-18-,34-33+/t40-,41+,42+,43+,44-,45+/m0/s1. The fraction of sp³-hybridized carbons (Fsp3) is 0.702. The number of phosphoric acid groups is 1. The van der Waals surface area contributed by atoms with Crippen LogP contribution in [-0.2, 0) is 32.7 Å². The first kappa shape index (κ1) is 55.3. The molecule has 0 aromatic rings. The van der Waals surface area contributed by atoms with Crippen LogP contribution in [0.1, 0.15) is 149 Å². The van der Waals surface area contributed by atoms with E-state index in [-0.39, 0.29) is 44.4 Å². The highest BCUT2D eigenvalue weighted by molar-refractivity contribution is 7.47. The van der Waals surface area contributed by atoms with Gasteiger partial charge in [0.1, 0.15) is 6.61 Å². The summed E-state index contributed by atoms with van der Waals surface area (Å²) in [4.78, 5) is 35.1. The van der Waals surface area contributed by atoms with Crippen molar-refractivity contribution in [1.29, 1.82) is 0 Å². The summed E-state index contributed by atoms with van der Waals surface area (Å²) in [6, 6.07) is 0. The minimum absolute atomic E-state index is 0.0103. The van der Waals surface area contributed by atoms with Gasteiger partial charge >= 0.3 is 19.8 Å². The molecule has 344 valence electrons. The molecule has 12 nitrogen and oxygen atoms in total. The SMILES string of the molecule is CC/C=C\C/C=C\C/C=C\C/C=C\C/C=C\CCCCCC(=O)OC[C@H](COP(=O)(O)OCCN)OC(=O)CCCCCC[C@@H]1[C@@H](/C=C/[C@@H](O)CCCCC)[C@H](O)C[C@@H]1O. The second-order valence-electron chi connectivity index (χ2n) is 15.5. The summed E-state index contributed by atoms with van der Waals surface area (Å²) in [5, 5.41) is 31.4. The maximum absolute atomic E-state index is 12.7. The summed E-state index contributed by atoms with van der Waals surface area (Å²) in [6.45, 7) is 3.22. The van der Waals surface area contributed by atoms with Crippen LogP contribution in [0.3, 0.4) is 0 Å². The Morgan fingerprint density at radius 3 is 1.97 bits per heavy atom. The summed E-state index contributed by atoms with van der Waals surface area (Å²) >= 11 is 0. The Morgan fingerprint density at radius 1 is 0.733 bits per heavy atom. The predicted molar refractivity (Wildman–Crippen MR) is 240 cm³/mol. The van der Waals surface area contributed by atoms with Crippen LogP contribution in [-0.4, -0.2) is 82.9 Å². The third kappa shape index (κ3) is 30.4. The maximum Gasteiger partial charge on any atom is 0.472 e. The largest absolute Gasteiger partial charge is 0.472 e. The molecule has 0 aliphatic heterocycles. The molecule has 0 bridgehead atoms. The number of carbonyl (C=O) groups is 2. The van der Waals surface area contributed by atoms with Gasteiger partial charge in [0.15, 0.2) is 6.10 Å². The van der Waals surface area contributed by atoms with E-state index in [9.17, 15) is 34.4 Å². The smallest absolute Gasteiger partial charge is 0.462 e. The first-order valence-corrected chi connectivity index (χ1v) is 24.2. The van der Waals surface area contributed by atoms with Crippen molar-refractivity contribution in [1.82, 2.24) is 0 Å². The predicted octanol–water partition coefficient (Wildman–Crippen LogP) is 9.43. The number of aliphatic hydroxyl groups excluding tert-OH is 3. The minimum Gasteiger partial charge on any atom is -0.462 e. The number of carbonyl (C=O) groups excluding carboxylic acids is 2. The molecule has 0 spiro atoms. The number of phosphoric ester groups is 1. The van der Waals surface area contributed by atoms with E-state index < -0.39 is 50.8 Å². The van der Waals surface area contributed by atoms with Gasteiger partial charge in [0, 0.05) is 31.7 Å². The Labute approximate surface area is 361 Å². The van der Waals surface area contributed by atoms with Gasteiger partial charge < -0.3 is 35.4 Å². The van der Waals surface area contributed by atoms with Gasteiger partial charge in [-0.15, -0.1) is 0 Å². The number of allylic oxidation sites excluding steroid dienone is 10. The van der Waals surface area contributed by atoms with Gasteiger partial charge in [-0.1, -0.05) is 132 Å². The molecule has 0 amide bonds. The van der Waals surface area contributed by atoms with Crippen molar-refractivity contribution in [2.24, 2.45) is 17.6 Å². The number of aliphatic hydroxyl groups is 3. The Balaban J connectivity index is 2.38. The molecule has 1 aliphatic rings. The van der Waals surface area contributed by atoms with Crippen LogP contribution in [0.5, 0.6) is 0 Å². The van der Waals surface area contributed by atoms with Gasteiger partial charge in [0.25, 0.3) is 0 Å². The van der Waals surface area contributed by atoms with Gasteiger partial charge in [-0.2, -0.15) is 0 Å². The summed E-state index contributed by atoms with van der Waals surface area (Å²) < 4.78 is 32.8. The molecular formula is C47H80NO11P. The van der Waals surface area contributed by atoms with E-state index in [1.165, 1.54) is 0 Å². The van der Waals surface area contributed by atoms with E-state index in [1.54, 1.807) is 6.08 Å². The molecule has 0 saturated heterocycles. The molecule has 60 heavy (non-hydrogen) atoms. The number of hydrogen-bond donors (Lipinski definition) is 5. The van der Waals surface area contributed by atoms with Crippen molar-refractivity contribution in [2.45, 2.75) is 173 Å². The molecule has 0 heterocycles. The molecular weight excluding hydrogens is 785 g/mol. The van der Waals surface area contributed by atoms with Crippen LogP contribution in [0.2, 0.25) is 0 Å². The van der Waals surface area contributed by atoms with E-state index in [4.69, 9.17) is 24.3 Å². The monoisotopic (exact) mass is 866 g/mol. The first-order chi connectivity index (χ1) is 29.0. The van der Waals surface area contributed by atoms with Crippen LogP contribution in [0.15, 0.2) is 72.9 Å². The van der Waals surface area contributed by atoms with Gasteiger partial charge in [-0.05, 0) is 76.5 Å². The van der Waals surface area contributed by atoms with Gasteiger partial charge in [-0.25, -0.2) is 4.57 Å². The molecule has 1 rings (SSSR count). The number of rotatable bonds is 37. The quantitative estimate of drug-likeness (QED) is 0.0172. The molecule has 1 aliphatic carbocycles. The van der Waals surface area contributed by atoms with E-state index in [0.717, 1.165) is 89.9 Å². The van der Waals surface area contributed by atoms with Crippen molar-refractivity contribution in [3.05, 3.63) is 72.9 Å². The van der Waals surface area contributed by atoms with E-state index in [2.05, 4.69) is 74.6 Å². The second-order valence-corrected chi connectivity index (χ2v) is 17.0. The van der Waals surface area contributed by atoms with Crippen molar-refractivity contribution < 1.29 is 52.9 Å². The number of esters is 2. The van der Waals surface area contributed by atoms with E-state index >= 15 is 0 Å². The third-order valence-electron chi connectivity index (χ3n) is 10.2. The molecule has 0 aromatic heterocycles. The topological polar surface area (TPSA) is 195 Å². The summed E-state index contributed by atoms with van der Waals surface area (Å²) in [6.07, 6.45) is 38.5. The Kier molecular flexibility index (Phi) is 34.1. The lowest BCUT2D eigenvalue weighted by Crippen LogP contribution is -2.29. The highest BCUT2D eigenvalue weighted by Crippen LogP contribution is 2.43. The molecule has 0 radical (unpaired) electrons. The molecule has 1 unspecified atom stereocenters. The summed E-state index contributed by atoms with van der Waals surface area (Å²) in [5.74, 6) is -1.32. The van der Waals surface area contributed by atoms with Crippen molar-refractivity contribution in [2.75, 3.05) is 26.4 Å². The molecule has 0 aromatic carbocycles. The third-order valence-corrected chi connectivity index (χ3v) is 11.2. The number of unbranched alkanes of at least 4 members (excludes halogenated alkanes) is 8. The number of hydrogen-bond acceptors (Lipinski definition) is 11. The molecule has 6 N–H and O–H groups in total. The zero-order chi connectivity index (χ0) is 44.1. The Hall–Kier alpha value is -2.67. The highest BCUT2D eigenvalue weighted by Gasteiger charge is 2.39. The normalized spacial score (nSPS) is 20.7. The fourth-order valence-electron chi connectivity index (χ4n) is 6.81. The zero-order valence-electron chi connectivity index (χ0n) is 36.7. The van der Waals surface area contributed by atoms with Crippen LogP contribution in [0.4, 0.5) is 0 Å². The molecule has 7 atom stereocenters. The van der Waals surface area contributed by atoms with Gasteiger partial charge in [-0.3, -0.25) is 18.6 Å². The molecule has 1 fully saturated rings. The summed E-state index contributed by atoms with van der Waals surface area (Å²) in [5.41, 5.74) is 5.35. The lowest BCUT2D eigenvalue weighted by atomic mass is 9.88. The first-order valence-electron chi connectivity index (χ1n) is 22.7. The number of nitrogens with two attached hydrogens (primary N) is 1. The van der Waals surface area contributed by atoms with Crippen molar-refractivity contribution >= 4 is 19.8 Å². The van der Waals surface area contributed by atoms with Gasteiger partial charge in [0.2, 0.25) is 0 Å². The van der Waals surface area contributed by atoms with Crippen LogP contribution in [0, 0.1) is 11.8 Å².